The number of nitrogens with zero attached hydrogens (tertiary/aromatic N) is 4. The molecule has 0 radical (unpaired) electrons. The van der Waals surface area contributed by atoms with Crippen molar-refractivity contribution in [3.8, 4) is 46.5 Å². The number of aromatic nitrogens is 4. The van der Waals surface area contributed by atoms with Crippen LogP contribution in [0.4, 0.5) is 0 Å². The number of rotatable bonds is 5. The summed E-state index contributed by atoms with van der Waals surface area (Å²) in [5, 5.41) is 8.26. The van der Waals surface area contributed by atoms with Crippen molar-refractivity contribution < 1.29 is 51.6 Å². The molecular formula is C58H32N4O2Pt2-6. The molecule has 12 rings (SSSR count). The summed E-state index contributed by atoms with van der Waals surface area (Å²) in [6.07, 6.45) is 18.1. The third-order valence-corrected chi connectivity index (χ3v) is 10.7. The van der Waals surface area contributed by atoms with E-state index >= 15 is 0 Å². The number of pyridine rings is 2. The van der Waals surface area contributed by atoms with Crippen LogP contribution in [-0.2, 0) is 42.1 Å². The molecule has 6 nitrogen and oxygen atoms in total. The van der Waals surface area contributed by atoms with Gasteiger partial charge in [0.15, 0.2) is 0 Å². The molecule has 0 aliphatic heterocycles. The van der Waals surface area contributed by atoms with Gasteiger partial charge in [-0.05, 0) is 36.4 Å². The SMILES string of the molecule is [C-]#Cn1c2ccccc2c2ccccc21.[C-]#Cn1c2ccccc2c2ccccc21.[Pt].[Pt].[c-]1c(-c2[c-]c(Oc3ccccn3)c3ccccc3[c-]2)[c-]c2ccccc2c1Oc1ccccn1. The molecule has 0 fully saturated rings. The van der Waals surface area contributed by atoms with Gasteiger partial charge >= 0.3 is 0 Å². The maximum Gasteiger partial charge on any atom is 0.215 e. The normalized spacial score (nSPS) is 10.5. The van der Waals surface area contributed by atoms with Gasteiger partial charge in [-0.3, -0.25) is 0 Å². The smallest absolute Gasteiger partial charge is 0.215 e. The molecule has 66 heavy (non-hydrogen) atoms. The number of para-hydroxylation sites is 4. The third-order valence-electron chi connectivity index (χ3n) is 10.7. The van der Waals surface area contributed by atoms with Crippen LogP contribution < -0.4 is 9.47 Å². The molecule has 0 aliphatic carbocycles. The molecule has 322 valence electrons. The Morgan fingerprint density at radius 2 is 0.667 bits per heavy atom. The molecule has 0 saturated carbocycles. The predicted molar refractivity (Wildman–Crippen MR) is 255 cm³/mol. The van der Waals surface area contributed by atoms with Gasteiger partial charge in [0.2, 0.25) is 11.8 Å². The first-order valence-corrected chi connectivity index (χ1v) is 20.4. The van der Waals surface area contributed by atoms with Crippen LogP contribution in [0.15, 0.2) is 194 Å². The Balaban J connectivity index is 0.000000153. The Morgan fingerprint density at radius 3 is 0.985 bits per heavy atom. The van der Waals surface area contributed by atoms with Crippen molar-refractivity contribution in [2.45, 2.75) is 0 Å². The van der Waals surface area contributed by atoms with Crippen LogP contribution >= 0.6 is 0 Å². The van der Waals surface area contributed by atoms with Gasteiger partial charge in [-0.25, -0.2) is 32.8 Å². The van der Waals surface area contributed by atoms with Crippen LogP contribution in [0.1, 0.15) is 0 Å². The molecule has 4 aromatic heterocycles. The standard InChI is InChI=1S/C30H16N2O2.2C14H8N.2Pt/c1-3-11-25-21(9-1)17-23(19-27(25)33-29-13-5-7-15-31-29)24-18-22-10-2-4-12-26(22)28(20-24)34-30-14-6-8-16-32-30;2*1-2-15-13-9-5-3-7-11(13)12-8-4-6-10-14(12)15;;/h1-16H;2*3-10H;;/q-4;2*-1;;. The van der Waals surface area contributed by atoms with E-state index in [1.165, 1.54) is 21.5 Å². The van der Waals surface area contributed by atoms with Gasteiger partial charge in [0.1, 0.15) is 0 Å². The van der Waals surface area contributed by atoms with Crippen molar-refractivity contribution in [3.05, 3.63) is 231 Å². The van der Waals surface area contributed by atoms with Crippen molar-refractivity contribution in [2.24, 2.45) is 0 Å². The first-order valence-electron chi connectivity index (χ1n) is 20.4. The molecule has 0 aliphatic rings. The minimum Gasteiger partial charge on any atom is -0.669 e. The number of benzene rings is 8. The first kappa shape index (κ1) is 44.9. The molecule has 0 unspecified atom stereocenters. The molecule has 4 heterocycles. The van der Waals surface area contributed by atoms with E-state index in [4.69, 9.17) is 22.3 Å². The van der Waals surface area contributed by atoms with E-state index in [1.54, 1.807) is 21.5 Å². The molecule has 0 spiro atoms. The summed E-state index contributed by atoms with van der Waals surface area (Å²) in [6.45, 7) is 0. The maximum atomic E-state index is 7.34. The van der Waals surface area contributed by atoms with Gasteiger partial charge in [0.05, 0.1) is 22.1 Å². The van der Waals surface area contributed by atoms with Crippen LogP contribution in [0.3, 0.4) is 0 Å². The quantitative estimate of drug-likeness (QED) is 0.127. The van der Waals surface area contributed by atoms with Crippen LogP contribution in [-0.4, -0.2) is 19.1 Å². The zero-order valence-electron chi connectivity index (χ0n) is 34.7. The average Bonchev–Trinajstić information content (AvgIpc) is 3.87. The van der Waals surface area contributed by atoms with E-state index < -0.39 is 0 Å². The zero-order chi connectivity index (χ0) is 43.2. The fraction of sp³-hybridized carbons (Fsp3) is 0. The zero-order valence-corrected chi connectivity index (χ0v) is 39.3. The second-order valence-corrected chi connectivity index (χ2v) is 14.5. The number of hydrogen-bond donors (Lipinski definition) is 0. The van der Waals surface area contributed by atoms with E-state index in [9.17, 15) is 0 Å². The van der Waals surface area contributed by atoms with Crippen LogP contribution in [0.25, 0.3) is 76.3 Å². The van der Waals surface area contributed by atoms with E-state index in [2.05, 4.69) is 70.6 Å². The van der Waals surface area contributed by atoms with Crippen molar-refractivity contribution in [2.75, 3.05) is 0 Å². The minimum atomic E-state index is 0. The molecule has 0 bridgehead atoms. The number of ether oxygens (including phenoxy) is 2. The molecule has 8 heteroatoms. The van der Waals surface area contributed by atoms with Crippen molar-refractivity contribution in [1.82, 2.24) is 19.1 Å². The molecule has 0 N–H and O–H groups in total. The Hall–Kier alpha value is -7.72. The van der Waals surface area contributed by atoms with Crippen LogP contribution in [0, 0.1) is 49.2 Å². The molecule has 0 saturated heterocycles. The molecule has 8 aromatic carbocycles. The van der Waals surface area contributed by atoms with Crippen molar-refractivity contribution in [3.63, 3.8) is 0 Å². The van der Waals surface area contributed by atoms with Gasteiger partial charge in [0.25, 0.3) is 0 Å². The fourth-order valence-corrected chi connectivity index (χ4v) is 7.79. The van der Waals surface area contributed by atoms with Gasteiger partial charge in [-0.15, -0.1) is 22.9 Å². The largest absolute Gasteiger partial charge is 0.669 e. The van der Waals surface area contributed by atoms with Crippen LogP contribution in [0.2, 0.25) is 0 Å². The van der Waals surface area contributed by atoms with Gasteiger partial charge in [0, 0.05) is 88.2 Å². The van der Waals surface area contributed by atoms with Gasteiger partial charge in [-0.1, -0.05) is 133 Å². The summed E-state index contributed by atoms with van der Waals surface area (Å²) in [6, 6.07) is 77.7. The Labute approximate surface area is 411 Å². The van der Waals surface area contributed by atoms with Crippen molar-refractivity contribution >= 4 is 65.2 Å². The van der Waals surface area contributed by atoms with E-state index in [-0.39, 0.29) is 42.1 Å². The summed E-state index contributed by atoms with van der Waals surface area (Å²) >= 11 is 0. The monoisotopic (exact) mass is 1210 g/mol. The van der Waals surface area contributed by atoms with Crippen molar-refractivity contribution in [1.29, 1.82) is 0 Å². The number of hydrogen-bond acceptors (Lipinski definition) is 4. The molecular weight excluding hydrogens is 1170 g/mol. The predicted octanol–water partition coefficient (Wildman–Crippen LogP) is 13.6. The third kappa shape index (κ3) is 8.99. The Morgan fingerprint density at radius 1 is 0.364 bits per heavy atom. The fourth-order valence-electron chi connectivity index (χ4n) is 7.79. The summed E-state index contributed by atoms with van der Waals surface area (Å²) in [7, 11) is 0. The summed E-state index contributed by atoms with van der Waals surface area (Å²) in [5.74, 6) is 2.11. The van der Waals surface area contributed by atoms with E-state index in [1.807, 2.05) is 158 Å². The molecule has 0 amide bonds. The topological polar surface area (TPSA) is 54.1 Å². The minimum absolute atomic E-state index is 0. The Bertz CT molecular complexity index is 3370. The summed E-state index contributed by atoms with van der Waals surface area (Å²) in [4.78, 5) is 8.58. The molecule has 0 atom stereocenters. The second-order valence-electron chi connectivity index (χ2n) is 14.5. The summed E-state index contributed by atoms with van der Waals surface area (Å²) < 4.78 is 15.8. The molecule has 12 aromatic rings. The van der Waals surface area contributed by atoms with Crippen LogP contribution in [0.5, 0.6) is 23.3 Å². The van der Waals surface area contributed by atoms with Gasteiger partial charge < -0.3 is 66.8 Å². The first-order chi connectivity index (χ1) is 31.7. The number of fused-ring (bicyclic) bond motifs is 8. The average molecular weight is 1210 g/mol. The van der Waals surface area contributed by atoms with E-state index in [0.717, 1.165) is 43.6 Å². The maximum absolute atomic E-state index is 7.34. The van der Waals surface area contributed by atoms with E-state index in [0.29, 0.717) is 34.4 Å². The Kier molecular flexibility index (Phi) is 13.9. The summed E-state index contributed by atoms with van der Waals surface area (Å²) in [5.41, 5.74) is 5.48. The van der Waals surface area contributed by atoms with Gasteiger partial charge in [-0.2, -0.15) is 0 Å². The second kappa shape index (κ2) is 20.4.